The molecule has 2 aromatic rings. The molecule has 1 aromatic carbocycles. The van der Waals surface area contributed by atoms with Gasteiger partial charge in [0, 0.05) is 4.88 Å². The Balaban J connectivity index is 1.76. The van der Waals surface area contributed by atoms with Crippen molar-refractivity contribution in [3.8, 4) is 11.8 Å². The number of nitrogens with zero attached hydrogens (tertiary/aromatic N) is 1. The number of carbonyl (C=O) groups is 1. The molecular formula is C19H20N2O2S. The zero-order chi connectivity index (χ0) is 16.9. The van der Waals surface area contributed by atoms with Gasteiger partial charge in [0.1, 0.15) is 16.8 Å². The minimum Gasteiger partial charge on any atom is -0.481 e. The van der Waals surface area contributed by atoms with Gasteiger partial charge in [0.2, 0.25) is 0 Å². The molecule has 4 nitrogen and oxygen atoms in total. The highest BCUT2D eigenvalue weighted by Crippen LogP contribution is 2.37. The van der Waals surface area contributed by atoms with Crippen LogP contribution in [-0.2, 0) is 17.6 Å². The van der Waals surface area contributed by atoms with Gasteiger partial charge in [-0.15, -0.1) is 11.3 Å². The predicted molar refractivity (Wildman–Crippen MR) is 95.5 cm³/mol. The topological polar surface area (TPSA) is 62.1 Å². The van der Waals surface area contributed by atoms with Crippen molar-refractivity contribution in [1.82, 2.24) is 0 Å². The number of fused-ring (bicyclic) bond motifs is 1. The fraction of sp³-hybridized carbons (Fsp3) is 0.368. The molecule has 0 aliphatic heterocycles. The average molecular weight is 340 g/mol. The number of hydrogen-bond acceptors (Lipinski definition) is 4. The molecule has 0 radical (unpaired) electrons. The van der Waals surface area contributed by atoms with Crippen LogP contribution >= 0.6 is 11.3 Å². The lowest BCUT2D eigenvalue weighted by molar-refractivity contribution is -0.122. The summed E-state index contributed by atoms with van der Waals surface area (Å²) in [5.74, 6) is 0.474. The maximum Gasteiger partial charge on any atom is 0.266 e. The standard InChI is InChI=1S/C19H20N2O2S/c1-2-16(23-13-8-4-3-5-9-13)18(22)21-19-15(12-20)14-10-6-7-11-17(14)24-19/h3-5,8-9,16H,2,6-7,10-11H2,1H3,(H,21,22)/t16-/m1/s1. The molecule has 1 amide bonds. The molecule has 0 unspecified atom stereocenters. The Morgan fingerprint density at radius 1 is 1.33 bits per heavy atom. The third-order valence-electron chi connectivity index (χ3n) is 4.20. The summed E-state index contributed by atoms with van der Waals surface area (Å²) >= 11 is 1.54. The Morgan fingerprint density at radius 3 is 2.79 bits per heavy atom. The van der Waals surface area contributed by atoms with Crippen molar-refractivity contribution < 1.29 is 9.53 Å². The molecule has 0 fully saturated rings. The smallest absolute Gasteiger partial charge is 0.266 e. The number of nitrogens with one attached hydrogen (secondary N) is 1. The molecule has 1 heterocycles. The first-order valence-electron chi connectivity index (χ1n) is 8.30. The number of anilines is 1. The Morgan fingerprint density at radius 2 is 2.08 bits per heavy atom. The number of carbonyl (C=O) groups excluding carboxylic acids is 1. The highest BCUT2D eigenvalue weighted by Gasteiger charge is 2.25. The summed E-state index contributed by atoms with van der Waals surface area (Å²) < 4.78 is 5.78. The van der Waals surface area contributed by atoms with Crippen molar-refractivity contribution in [2.24, 2.45) is 0 Å². The fourth-order valence-electron chi connectivity index (χ4n) is 2.95. The van der Waals surface area contributed by atoms with Crippen molar-refractivity contribution in [3.63, 3.8) is 0 Å². The van der Waals surface area contributed by atoms with Gasteiger partial charge in [-0.05, 0) is 49.8 Å². The van der Waals surface area contributed by atoms with E-state index < -0.39 is 6.10 Å². The number of para-hydroxylation sites is 1. The number of rotatable bonds is 5. The van der Waals surface area contributed by atoms with Crippen LogP contribution in [0.5, 0.6) is 5.75 Å². The maximum atomic E-state index is 12.6. The summed E-state index contributed by atoms with van der Waals surface area (Å²) in [7, 11) is 0. The van der Waals surface area contributed by atoms with E-state index in [1.54, 1.807) is 0 Å². The van der Waals surface area contributed by atoms with Crippen LogP contribution < -0.4 is 10.1 Å². The predicted octanol–water partition coefficient (Wildman–Crippen LogP) is 4.29. The van der Waals surface area contributed by atoms with Crippen molar-refractivity contribution in [1.29, 1.82) is 5.26 Å². The summed E-state index contributed by atoms with van der Waals surface area (Å²) in [6.45, 7) is 1.91. The number of hydrogen-bond donors (Lipinski definition) is 1. The van der Waals surface area contributed by atoms with Gasteiger partial charge in [-0.2, -0.15) is 5.26 Å². The minimum atomic E-state index is -0.571. The first-order chi connectivity index (χ1) is 11.7. The summed E-state index contributed by atoms with van der Waals surface area (Å²) in [5.41, 5.74) is 1.76. The molecule has 0 spiro atoms. The fourth-order valence-corrected chi connectivity index (χ4v) is 4.19. The molecule has 3 rings (SSSR count). The van der Waals surface area contributed by atoms with Crippen molar-refractivity contribution in [2.45, 2.75) is 45.1 Å². The lowest BCUT2D eigenvalue weighted by Crippen LogP contribution is -2.32. The minimum absolute atomic E-state index is 0.198. The number of amides is 1. The van der Waals surface area contributed by atoms with Gasteiger partial charge in [-0.3, -0.25) is 4.79 Å². The molecule has 24 heavy (non-hydrogen) atoms. The van der Waals surface area contributed by atoms with Gasteiger partial charge in [0.15, 0.2) is 6.10 Å². The Kier molecular flexibility index (Phi) is 5.17. The molecule has 0 saturated carbocycles. The second-order valence-corrected chi connectivity index (χ2v) is 6.95. The van der Waals surface area contributed by atoms with E-state index in [1.807, 2.05) is 37.3 Å². The monoisotopic (exact) mass is 340 g/mol. The largest absolute Gasteiger partial charge is 0.481 e. The van der Waals surface area contributed by atoms with E-state index in [1.165, 1.54) is 16.2 Å². The van der Waals surface area contributed by atoms with Crippen LogP contribution in [0.3, 0.4) is 0 Å². The van der Waals surface area contributed by atoms with Gasteiger partial charge in [0.25, 0.3) is 5.91 Å². The van der Waals surface area contributed by atoms with E-state index >= 15 is 0 Å². The summed E-state index contributed by atoms with van der Waals surface area (Å²) in [6, 6.07) is 11.6. The van der Waals surface area contributed by atoms with E-state index in [-0.39, 0.29) is 5.91 Å². The molecule has 124 valence electrons. The number of nitriles is 1. The van der Waals surface area contributed by atoms with Crippen molar-refractivity contribution >= 4 is 22.2 Å². The molecule has 1 aromatic heterocycles. The van der Waals surface area contributed by atoms with E-state index in [0.717, 1.165) is 31.2 Å². The summed E-state index contributed by atoms with van der Waals surface area (Å²) in [4.78, 5) is 13.8. The van der Waals surface area contributed by atoms with Crippen LogP contribution in [0.25, 0.3) is 0 Å². The zero-order valence-corrected chi connectivity index (χ0v) is 14.5. The Bertz CT molecular complexity index is 762. The maximum absolute atomic E-state index is 12.6. The van der Waals surface area contributed by atoms with Crippen LogP contribution in [0.1, 0.15) is 42.2 Å². The molecule has 0 saturated heterocycles. The molecule has 1 N–H and O–H groups in total. The van der Waals surface area contributed by atoms with E-state index in [2.05, 4.69) is 11.4 Å². The molecule has 0 bridgehead atoms. The van der Waals surface area contributed by atoms with Crippen LogP contribution in [-0.4, -0.2) is 12.0 Å². The SMILES string of the molecule is CC[C@@H](Oc1ccccc1)C(=O)Nc1sc2c(c1C#N)CCCC2. The van der Waals surface area contributed by atoms with E-state index in [9.17, 15) is 10.1 Å². The van der Waals surface area contributed by atoms with E-state index in [0.29, 0.717) is 22.7 Å². The molecule has 1 aliphatic rings. The average Bonchev–Trinajstić information content (AvgIpc) is 2.97. The molecular weight excluding hydrogens is 320 g/mol. The lowest BCUT2D eigenvalue weighted by atomic mass is 9.96. The van der Waals surface area contributed by atoms with Crippen molar-refractivity contribution in [3.05, 3.63) is 46.3 Å². The quantitative estimate of drug-likeness (QED) is 0.883. The molecule has 5 heteroatoms. The Hall–Kier alpha value is -2.32. The zero-order valence-electron chi connectivity index (χ0n) is 13.7. The third-order valence-corrected chi connectivity index (χ3v) is 5.41. The summed E-state index contributed by atoms with van der Waals surface area (Å²) in [5, 5.41) is 13.1. The second-order valence-electron chi connectivity index (χ2n) is 5.84. The van der Waals surface area contributed by atoms with Crippen LogP contribution in [0.4, 0.5) is 5.00 Å². The highest BCUT2D eigenvalue weighted by molar-refractivity contribution is 7.16. The van der Waals surface area contributed by atoms with Gasteiger partial charge >= 0.3 is 0 Å². The number of aryl methyl sites for hydroxylation is 1. The third kappa shape index (κ3) is 3.44. The van der Waals surface area contributed by atoms with Gasteiger partial charge < -0.3 is 10.1 Å². The van der Waals surface area contributed by atoms with Crippen LogP contribution in [0, 0.1) is 11.3 Å². The van der Waals surface area contributed by atoms with Crippen LogP contribution in [0.2, 0.25) is 0 Å². The van der Waals surface area contributed by atoms with Gasteiger partial charge in [0.05, 0.1) is 5.56 Å². The summed E-state index contributed by atoms with van der Waals surface area (Å²) in [6.07, 6.45) is 4.19. The van der Waals surface area contributed by atoms with Crippen LogP contribution in [0.15, 0.2) is 30.3 Å². The number of ether oxygens (including phenoxy) is 1. The molecule has 1 aliphatic carbocycles. The number of benzene rings is 1. The lowest BCUT2D eigenvalue weighted by Gasteiger charge is -2.16. The second kappa shape index (κ2) is 7.50. The van der Waals surface area contributed by atoms with Gasteiger partial charge in [-0.1, -0.05) is 25.1 Å². The highest BCUT2D eigenvalue weighted by atomic mass is 32.1. The number of thiophene rings is 1. The van der Waals surface area contributed by atoms with Gasteiger partial charge in [-0.25, -0.2) is 0 Å². The first-order valence-corrected chi connectivity index (χ1v) is 9.11. The normalized spacial score (nSPS) is 14.3. The molecule has 1 atom stereocenters. The van der Waals surface area contributed by atoms with E-state index in [4.69, 9.17) is 4.74 Å². The first kappa shape index (κ1) is 16.5. The Labute approximate surface area is 146 Å². The van der Waals surface area contributed by atoms with Crippen molar-refractivity contribution in [2.75, 3.05) is 5.32 Å².